The quantitative estimate of drug-likeness (QED) is 0.578. The Morgan fingerprint density at radius 2 is 1.81 bits per heavy atom. The van der Waals surface area contributed by atoms with Crippen LogP contribution in [0, 0.1) is 11.8 Å². The molecule has 6 nitrogen and oxygen atoms in total. The fraction of sp³-hybridized carbons (Fsp3) is 0.261. The van der Waals surface area contributed by atoms with Crippen molar-refractivity contribution in [3.8, 4) is 5.75 Å². The molecule has 3 atom stereocenters. The number of carbonyl (C=O) groups excluding carboxylic acids is 2. The molecule has 1 aliphatic rings. The van der Waals surface area contributed by atoms with Crippen LogP contribution in [0.1, 0.15) is 24.9 Å². The lowest BCUT2D eigenvalue weighted by molar-refractivity contribution is -0.136. The molecule has 3 aromatic rings. The Morgan fingerprint density at radius 3 is 2.48 bits per heavy atom. The van der Waals surface area contributed by atoms with Crippen LogP contribution < -0.4 is 15.4 Å². The number of benzene rings is 2. The second-order valence-corrected chi connectivity index (χ2v) is 7.58. The van der Waals surface area contributed by atoms with Gasteiger partial charge in [-0.25, -0.2) is 0 Å². The summed E-state index contributed by atoms with van der Waals surface area (Å²) in [5, 5.41) is 5.79. The summed E-state index contributed by atoms with van der Waals surface area (Å²) >= 11 is 0. The number of alkyl halides is 2. The zero-order valence-corrected chi connectivity index (χ0v) is 16.7. The molecule has 3 unspecified atom stereocenters. The Kier molecular flexibility index (Phi) is 5.79. The third kappa shape index (κ3) is 4.63. The zero-order valence-electron chi connectivity index (χ0n) is 16.7. The first-order valence-electron chi connectivity index (χ1n) is 9.93. The zero-order chi connectivity index (χ0) is 22.0. The number of pyridine rings is 1. The summed E-state index contributed by atoms with van der Waals surface area (Å²) in [5.74, 6) is -0.986. The average molecular weight is 425 g/mol. The van der Waals surface area contributed by atoms with Crippen LogP contribution in [0.2, 0.25) is 0 Å². The molecule has 0 radical (unpaired) electrons. The molecule has 31 heavy (non-hydrogen) atoms. The summed E-state index contributed by atoms with van der Waals surface area (Å²) in [6.07, 6.45) is 2.41. The van der Waals surface area contributed by atoms with Crippen molar-refractivity contribution in [2.45, 2.75) is 26.0 Å². The highest BCUT2D eigenvalue weighted by Gasteiger charge is 2.41. The van der Waals surface area contributed by atoms with Gasteiger partial charge < -0.3 is 15.4 Å². The van der Waals surface area contributed by atoms with Crippen molar-refractivity contribution in [3.63, 3.8) is 0 Å². The fourth-order valence-corrected chi connectivity index (χ4v) is 3.75. The minimum atomic E-state index is -3.00. The van der Waals surface area contributed by atoms with Gasteiger partial charge in [-0.3, -0.25) is 14.6 Å². The number of amides is 2. The maximum absolute atomic E-state index is 12.7. The summed E-state index contributed by atoms with van der Waals surface area (Å²) in [6, 6.07) is 15.2. The molecule has 1 heterocycles. The Balaban J connectivity index is 1.53. The molecule has 1 saturated carbocycles. The summed E-state index contributed by atoms with van der Waals surface area (Å²) in [4.78, 5) is 29.3. The summed E-state index contributed by atoms with van der Waals surface area (Å²) in [5.41, 5.74) is 1.39. The van der Waals surface area contributed by atoms with E-state index in [-0.39, 0.29) is 28.9 Å². The molecule has 0 spiro atoms. The molecular formula is C23H21F2N3O3. The van der Waals surface area contributed by atoms with Gasteiger partial charge in [0.15, 0.2) is 5.75 Å². The van der Waals surface area contributed by atoms with Crippen molar-refractivity contribution in [1.82, 2.24) is 10.3 Å². The molecule has 0 saturated heterocycles. The first-order valence-corrected chi connectivity index (χ1v) is 9.93. The maximum atomic E-state index is 12.7. The van der Waals surface area contributed by atoms with E-state index >= 15 is 0 Å². The largest absolute Gasteiger partial charge is 0.432 e. The second-order valence-electron chi connectivity index (χ2n) is 7.58. The van der Waals surface area contributed by atoms with Crippen LogP contribution in [-0.4, -0.2) is 23.4 Å². The first-order chi connectivity index (χ1) is 14.9. The maximum Gasteiger partial charge on any atom is 0.387 e. The number of halogens is 2. The number of aromatic nitrogens is 1. The number of carbonyl (C=O) groups is 2. The van der Waals surface area contributed by atoms with E-state index in [1.807, 2.05) is 30.3 Å². The van der Waals surface area contributed by atoms with Gasteiger partial charge in [0.2, 0.25) is 0 Å². The van der Waals surface area contributed by atoms with Crippen molar-refractivity contribution >= 4 is 28.4 Å². The third-order valence-electron chi connectivity index (χ3n) is 5.45. The van der Waals surface area contributed by atoms with Gasteiger partial charge in [0.25, 0.3) is 0 Å². The van der Waals surface area contributed by atoms with Crippen molar-refractivity contribution in [2.75, 3.05) is 5.32 Å². The molecule has 1 fully saturated rings. The second kappa shape index (κ2) is 8.67. The number of hydrogen-bond donors (Lipinski definition) is 2. The molecule has 2 amide bonds. The number of anilines is 1. The van der Waals surface area contributed by atoms with Crippen LogP contribution in [-0.2, 0) is 9.59 Å². The van der Waals surface area contributed by atoms with Gasteiger partial charge in [-0.05, 0) is 48.1 Å². The highest BCUT2D eigenvalue weighted by molar-refractivity contribution is 6.40. The Labute approximate surface area is 177 Å². The van der Waals surface area contributed by atoms with E-state index in [4.69, 9.17) is 0 Å². The van der Waals surface area contributed by atoms with Crippen LogP contribution in [0.4, 0.5) is 14.5 Å². The molecule has 1 aliphatic carbocycles. The van der Waals surface area contributed by atoms with E-state index in [1.54, 1.807) is 12.1 Å². The summed E-state index contributed by atoms with van der Waals surface area (Å²) in [6.45, 7) is -0.897. The number of nitrogens with zero attached hydrogens (tertiary/aromatic N) is 1. The first kappa shape index (κ1) is 20.7. The van der Waals surface area contributed by atoms with Gasteiger partial charge in [0.1, 0.15) is 5.52 Å². The lowest BCUT2D eigenvalue weighted by Crippen LogP contribution is -2.38. The van der Waals surface area contributed by atoms with Crippen molar-refractivity contribution in [3.05, 3.63) is 66.4 Å². The normalized spacial score (nSPS) is 18.5. The lowest BCUT2D eigenvalue weighted by atomic mass is 10.0. The summed E-state index contributed by atoms with van der Waals surface area (Å²) in [7, 11) is 0. The number of rotatable bonds is 6. The molecular weight excluding hydrogens is 404 g/mol. The topological polar surface area (TPSA) is 80.3 Å². The molecule has 1 aromatic heterocycles. The van der Waals surface area contributed by atoms with E-state index < -0.39 is 18.4 Å². The molecule has 0 bridgehead atoms. The van der Waals surface area contributed by atoms with E-state index in [9.17, 15) is 18.4 Å². The Bertz CT molecular complexity index is 1110. The van der Waals surface area contributed by atoms with Crippen LogP contribution in [0.5, 0.6) is 5.75 Å². The van der Waals surface area contributed by atoms with E-state index in [2.05, 4.69) is 27.3 Å². The number of hydrogen-bond acceptors (Lipinski definition) is 4. The predicted octanol–water partition coefficient (Wildman–Crippen LogP) is 4.29. The van der Waals surface area contributed by atoms with Gasteiger partial charge in [-0.1, -0.05) is 37.3 Å². The minimum Gasteiger partial charge on any atom is -0.432 e. The highest BCUT2D eigenvalue weighted by atomic mass is 19.3. The van der Waals surface area contributed by atoms with Crippen molar-refractivity contribution < 1.29 is 23.1 Å². The van der Waals surface area contributed by atoms with Crippen molar-refractivity contribution in [1.29, 1.82) is 0 Å². The Hall–Kier alpha value is -3.55. The number of nitrogens with one attached hydrogen (secondary N) is 2. The Morgan fingerprint density at radius 1 is 1.06 bits per heavy atom. The van der Waals surface area contributed by atoms with Gasteiger partial charge in [0.05, 0.1) is 11.7 Å². The smallest absolute Gasteiger partial charge is 0.387 e. The van der Waals surface area contributed by atoms with E-state index in [0.29, 0.717) is 11.3 Å². The number of ether oxygens (including phenoxy) is 1. The average Bonchev–Trinajstić information content (AvgIpc) is 3.49. The molecule has 8 heteroatoms. The predicted molar refractivity (Wildman–Crippen MR) is 112 cm³/mol. The molecule has 2 aromatic carbocycles. The molecule has 0 aliphatic heterocycles. The van der Waals surface area contributed by atoms with Crippen LogP contribution in [0.3, 0.4) is 0 Å². The highest BCUT2D eigenvalue weighted by Crippen LogP contribution is 2.46. The van der Waals surface area contributed by atoms with Gasteiger partial charge in [-0.15, -0.1) is 0 Å². The molecule has 2 N–H and O–H groups in total. The minimum absolute atomic E-state index is 0.111. The third-order valence-corrected chi connectivity index (χ3v) is 5.45. The van der Waals surface area contributed by atoms with Gasteiger partial charge in [0, 0.05) is 11.6 Å². The molecule has 4 rings (SSSR count). The lowest BCUT2D eigenvalue weighted by Gasteiger charge is -2.19. The van der Waals surface area contributed by atoms with Gasteiger partial charge in [-0.2, -0.15) is 8.78 Å². The summed E-state index contributed by atoms with van der Waals surface area (Å²) < 4.78 is 29.8. The standard InChI is InChI=1S/C23H21F2N3O3/c1-13-12-16(13)19(14-6-3-2-4-7-14)28-22(30)21(29)27-17-9-10-18(31-23(24)25)20-15(17)8-5-11-26-20/h2-11,13,16,19,23H,12H2,1H3,(H,27,29)(H,28,30). The number of fused-ring (bicyclic) bond motifs is 1. The van der Waals surface area contributed by atoms with Crippen LogP contribution in [0.15, 0.2) is 60.8 Å². The van der Waals surface area contributed by atoms with Gasteiger partial charge >= 0.3 is 18.4 Å². The van der Waals surface area contributed by atoms with Crippen LogP contribution in [0.25, 0.3) is 10.9 Å². The SMILES string of the molecule is CC1CC1C(NC(=O)C(=O)Nc1ccc(OC(F)F)c2ncccc12)c1ccccc1. The van der Waals surface area contributed by atoms with Crippen LogP contribution >= 0.6 is 0 Å². The van der Waals surface area contributed by atoms with Crippen molar-refractivity contribution in [2.24, 2.45) is 11.8 Å². The monoisotopic (exact) mass is 425 g/mol. The molecule has 160 valence electrons. The van der Waals surface area contributed by atoms with E-state index in [1.165, 1.54) is 18.3 Å². The fourth-order valence-electron chi connectivity index (χ4n) is 3.75. The van der Waals surface area contributed by atoms with E-state index in [0.717, 1.165) is 12.0 Å².